The lowest BCUT2D eigenvalue weighted by Crippen LogP contribution is -2.60. The Morgan fingerprint density at radius 3 is 2.31 bits per heavy atom. The van der Waals surface area contributed by atoms with Crippen LogP contribution in [0.1, 0.15) is 47.5 Å². The summed E-state index contributed by atoms with van der Waals surface area (Å²) in [6.07, 6.45) is 1.10. The Labute approximate surface area is 99.3 Å². The normalized spacial score (nSPS) is 30.9. The molecule has 3 nitrogen and oxygen atoms in total. The molecule has 1 aliphatic carbocycles. The number of hydrogen-bond donors (Lipinski definition) is 3. The average molecular weight is 229 g/mol. The van der Waals surface area contributed by atoms with E-state index in [1.807, 2.05) is 0 Å². The fourth-order valence-electron chi connectivity index (χ4n) is 2.31. The van der Waals surface area contributed by atoms with Gasteiger partial charge in [-0.25, -0.2) is 0 Å². The molecule has 3 unspecified atom stereocenters. The number of aliphatic hydroxyl groups excluding tert-OH is 2. The van der Waals surface area contributed by atoms with Gasteiger partial charge in [0.15, 0.2) is 0 Å². The lowest BCUT2D eigenvalue weighted by Gasteiger charge is -2.50. The minimum Gasteiger partial charge on any atom is -0.392 e. The van der Waals surface area contributed by atoms with Crippen LogP contribution in [0.25, 0.3) is 0 Å². The molecular formula is C13H27NO2. The minimum atomic E-state index is -0.298. The molecule has 16 heavy (non-hydrogen) atoms. The first-order valence-corrected chi connectivity index (χ1v) is 6.22. The highest BCUT2D eigenvalue weighted by Crippen LogP contribution is 2.40. The van der Waals surface area contributed by atoms with E-state index in [1.165, 1.54) is 0 Å². The molecule has 0 aromatic rings. The van der Waals surface area contributed by atoms with E-state index in [-0.39, 0.29) is 23.0 Å². The summed E-state index contributed by atoms with van der Waals surface area (Å²) < 4.78 is 0. The molecule has 1 rings (SSSR count). The zero-order valence-corrected chi connectivity index (χ0v) is 11.2. The largest absolute Gasteiger partial charge is 0.392 e. The van der Waals surface area contributed by atoms with Crippen LogP contribution in [0, 0.1) is 10.8 Å². The van der Waals surface area contributed by atoms with Crippen molar-refractivity contribution in [2.24, 2.45) is 10.8 Å². The third kappa shape index (κ3) is 3.44. The van der Waals surface area contributed by atoms with Crippen LogP contribution >= 0.6 is 0 Å². The second kappa shape index (κ2) is 4.63. The molecule has 3 heteroatoms. The summed E-state index contributed by atoms with van der Waals surface area (Å²) in [4.78, 5) is 0. The van der Waals surface area contributed by atoms with Gasteiger partial charge in [0.05, 0.1) is 12.2 Å². The third-order valence-corrected chi connectivity index (χ3v) is 3.66. The molecule has 0 aromatic carbocycles. The van der Waals surface area contributed by atoms with Gasteiger partial charge in [0.25, 0.3) is 0 Å². The summed E-state index contributed by atoms with van der Waals surface area (Å²) >= 11 is 0. The van der Waals surface area contributed by atoms with Crippen molar-refractivity contribution < 1.29 is 10.2 Å². The van der Waals surface area contributed by atoms with E-state index >= 15 is 0 Å². The van der Waals surface area contributed by atoms with Crippen LogP contribution < -0.4 is 5.32 Å². The van der Waals surface area contributed by atoms with E-state index in [9.17, 15) is 10.2 Å². The third-order valence-electron chi connectivity index (χ3n) is 3.66. The highest BCUT2D eigenvalue weighted by Gasteiger charge is 2.46. The van der Waals surface area contributed by atoms with Crippen LogP contribution in [0.5, 0.6) is 0 Å². The van der Waals surface area contributed by atoms with Gasteiger partial charge in [0.1, 0.15) is 0 Å². The lowest BCUT2D eigenvalue weighted by molar-refractivity contribution is -0.0754. The van der Waals surface area contributed by atoms with Crippen LogP contribution in [-0.2, 0) is 0 Å². The second-order valence-electron chi connectivity index (χ2n) is 6.95. The van der Waals surface area contributed by atoms with Crippen LogP contribution in [0.4, 0.5) is 0 Å². The predicted molar refractivity (Wildman–Crippen MR) is 66.3 cm³/mol. The molecule has 96 valence electrons. The molecule has 0 amide bonds. The van der Waals surface area contributed by atoms with Gasteiger partial charge in [-0.1, -0.05) is 34.6 Å². The lowest BCUT2D eigenvalue weighted by atomic mass is 9.64. The molecule has 0 aromatic heterocycles. The molecule has 0 aliphatic heterocycles. The van der Waals surface area contributed by atoms with Crippen LogP contribution in [0.15, 0.2) is 0 Å². The SMILES string of the molecule is CC(C)(C)CC(O)CNC1CC(O)C1(C)C. The molecular weight excluding hydrogens is 202 g/mol. The maximum absolute atomic E-state index is 9.86. The molecule has 1 aliphatic rings. The topological polar surface area (TPSA) is 52.5 Å². The van der Waals surface area contributed by atoms with Crippen molar-refractivity contribution in [1.29, 1.82) is 0 Å². The quantitative estimate of drug-likeness (QED) is 0.685. The van der Waals surface area contributed by atoms with Gasteiger partial charge in [-0.3, -0.25) is 0 Å². The fourth-order valence-corrected chi connectivity index (χ4v) is 2.31. The number of hydrogen-bond acceptors (Lipinski definition) is 3. The molecule has 3 atom stereocenters. The highest BCUT2D eigenvalue weighted by atomic mass is 16.3. The molecule has 0 radical (unpaired) electrons. The van der Waals surface area contributed by atoms with Crippen molar-refractivity contribution in [3.05, 3.63) is 0 Å². The molecule has 3 N–H and O–H groups in total. The maximum Gasteiger partial charge on any atom is 0.0669 e. The zero-order chi connectivity index (χ0) is 12.6. The van der Waals surface area contributed by atoms with Crippen molar-refractivity contribution in [2.45, 2.75) is 65.7 Å². The standard InChI is InChI=1S/C13H27NO2/c1-12(2,3)7-9(15)8-14-10-6-11(16)13(10,4)5/h9-11,14-16H,6-8H2,1-5H3. The van der Waals surface area contributed by atoms with E-state index < -0.39 is 0 Å². The average Bonchev–Trinajstić information content (AvgIpc) is 2.09. The molecule has 0 heterocycles. The molecule has 0 saturated heterocycles. The molecule has 0 spiro atoms. The van der Waals surface area contributed by atoms with Gasteiger partial charge in [-0.15, -0.1) is 0 Å². The zero-order valence-electron chi connectivity index (χ0n) is 11.2. The Balaban J connectivity index is 2.26. The first-order chi connectivity index (χ1) is 7.13. The molecule has 0 bridgehead atoms. The summed E-state index contributed by atoms with van der Waals surface area (Å²) in [6.45, 7) is 11.1. The first-order valence-electron chi connectivity index (χ1n) is 6.22. The first kappa shape index (κ1) is 13.9. The van der Waals surface area contributed by atoms with Crippen LogP contribution in [0.2, 0.25) is 0 Å². The number of nitrogens with one attached hydrogen (secondary N) is 1. The Hall–Kier alpha value is -0.120. The summed E-state index contributed by atoms with van der Waals surface area (Å²) in [6, 6.07) is 0.331. The van der Waals surface area contributed by atoms with Crippen molar-refractivity contribution in [3.8, 4) is 0 Å². The van der Waals surface area contributed by atoms with Gasteiger partial charge >= 0.3 is 0 Å². The Morgan fingerprint density at radius 2 is 1.94 bits per heavy atom. The van der Waals surface area contributed by atoms with E-state index in [0.29, 0.717) is 12.6 Å². The van der Waals surface area contributed by atoms with E-state index in [0.717, 1.165) is 12.8 Å². The Bertz CT molecular complexity index is 233. The maximum atomic E-state index is 9.86. The smallest absolute Gasteiger partial charge is 0.0669 e. The van der Waals surface area contributed by atoms with Crippen molar-refractivity contribution in [3.63, 3.8) is 0 Å². The highest BCUT2D eigenvalue weighted by molar-refractivity contribution is 5.01. The number of aliphatic hydroxyl groups is 2. The summed E-state index contributed by atoms with van der Waals surface area (Å²) in [5.41, 5.74) is 0.108. The number of rotatable bonds is 4. The van der Waals surface area contributed by atoms with Gasteiger partial charge in [-0.05, 0) is 18.3 Å². The summed E-state index contributed by atoms with van der Waals surface area (Å²) in [7, 11) is 0. The predicted octanol–water partition coefficient (Wildman–Crippen LogP) is 1.53. The van der Waals surface area contributed by atoms with Gasteiger partial charge < -0.3 is 15.5 Å². The van der Waals surface area contributed by atoms with Crippen molar-refractivity contribution in [2.75, 3.05) is 6.54 Å². The summed E-state index contributed by atoms with van der Waals surface area (Å²) in [5.74, 6) is 0. The molecule has 1 saturated carbocycles. The van der Waals surface area contributed by atoms with Crippen molar-refractivity contribution in [1.82, 2.24) is 5.32 Å². The van der Waals surface area contributed by atoms with Crippen LogP contribution in [0.3, 0.4) is 0 Å². The van der Waals surface area contributed by atoms with Crippen molar-refractivity contribution >= 4 is 0 Å². The fraction of sp³-hybridized carbons (Fsp3) is 1.00. The monoisotopic (exact) mass is 229 g/mol. The second-order valence-corrected chi connectivity index (χ2v) is 6.95. The Morgan fingerprint density at radius 1 is 1.38 bits per heavy atom. The van der Waals surface area contributed by atoms with Gasteiger partial charge in [-0.2, -0.15) is 0 Å². The van der Waals surface area contributed by atoms with Crippen LogP contribution in [-0.4, -0.2) is 35.0 Å². The van der Waals surface area contributed by atoms with Gasteiger partial charge in [0, 0.05) is 18.0 Å². The molecule has 1 fully saturated rings. The summed E-state index contributed by atoms with van der Waals surface area (Å²) in [5, 5.41) is 22.8. The van der Waals surface area contributed by atoms with Gasteiger partial charge in [0.2, 0.25) is 0 Å². The van der Waals surface area contributed by atoms with E-state index in [4.69, 9.17) is 0 Å². The minimum absolute atomic E-state index is 0.0541. The van der Waals surface area contributed by atoms with E-state index in [1.54, 1.807) is 0 Å². The Kier molecular flexibility index (Phi) is 4.04. The van der Waals surface area contributed by atoms with E-state index in [2.05, 4.69) is 39.9 Å².